The van der Waals surface area contributed by atoms with Gasteiger partial charge in [-0.2, -0.15) is 0 Å². The first-order valence-electron chi connectivity index (χ1n) is 4.89. The lowest BCUT2D eigenvalue weighted by atomic mass is 10.1. The van der Waals surface area contributed by atoms with E-state index in [1.807, 2.05) is 12.1 Å². The second-order valence-electron chi connectivity index (χ2n) is 3.75. The van der Waals surface area contributed by atoms with Crippen molar-refractivity contribution in [2.45, 2.75) is 18.9 Å². The van der Waals surface area contributed by atoms with Gasteiger partial charge in [-0.05, 0) is 24.0 Å². The molecule has 0 atom stereocenters. The van der Waals surface area contributed by atoms with Crippen LogP contribution < -0.4 is 5.32 Å². The largest absolute Gasteiger partial charge is 0.348 e. The fourth-order valence-electron chi connectivity index (χ4n) is 1.92. The molecule has 1 aliphatic carbocycles. The highest BCUT2D eigenvalue weighted by molar-refractivity contribution is 6.41. The molecule has 1 N–H and O–H groups in total. The van der Waals surface area contributed by atoms with Crippen LogP contribution in [0.1, 0.15) is 11.1 Å². The molecule has 1 aromatic rings. The molecule has 0 saturated heterocycles. The number of carbonyl (C=O) groups excluding carboxylic acids is 1. The quantitative estimate of drug-likeness (QED) is 0.761. The SMILES string of the molecule is C=C(Cl)C(=O)NC1Cc2ccccc2C1. The van der Waals surface area contributed by atoms with Gasteiger partial charge < -0.3 is 5.32 Å². The number of halogens is 1. The van der Waals surface area contributed by atoms with E-state index in [4.69, 9.17) is 11.6 Å². The molecule has 0 aliphatic heterocycles. The molecule has 0 fully saturated rings. The summed E-state index contributed by atoms with van der Waals surface area (Å²) in [5, 5.41) is 2.90. The van der Waals surface area contributed by atoms with E-state index in [1.54, 1.807) is 0 Å². The van der Waals surface area contributed by atoms with Crippen LogP contribution in [-0.4, -0.2) is 11.9 Å². The molecule has 1 aliphatic rings. The van der Waals surface area contributed by atoms with Crippen LogP contribution in [-0.2, 0) is 17.6 Å². The molecule has 15 heavy (non-hydrogen) atoms. The third-order valence-corrected chi connectivity index (χ3v) is 2.80. The average molecular weight is 222 g/mol. The first kappa shape index (κ1) is 10.2. The summed E-state index contributed by atoms with van der Waals surface area (Å²) in [6.45, 7) is 3.40. The predicted octanol–water partition coefficient (Wildman–Crippen LogP) is 2.02. The maximum atomic E-state index is 11.3. The van der Waals surface area contributed by atoms with Gasteiger partial charge in [0.2, 0.25) is 0 Å². The fraction of sp³-hybridized carbons (Fsp3) is 0.250. The molecule has 2 nitrogen and oxygen atoms in total. The molecule has 0 radical (unpaired) electrons. The van der Waals surface area contributed by atoms with E-state index >= 15 is 0 Å². The van der Waals surface area contributed by atoms with Crippen LogP contribution in [0.2, 0.25) is 0 Å². The Bertz CT molecular complexity index is 389. The van der Waals surface area contributed by atoms with Crippen molar-refractivity contribution < 1.29 is 4.79 Å². The van der Waals surface area contributed by atoms with Crippen molar-refractivity contribution in [2.24, 2.45) is 0 Å². The normalized spacial score (nSPS) is 14.7. The third kappa shape index (κ3) is 2.21. The third-order valence-electron chi connectivity index (χ3n) is 2.63. The maximum Gasteiger partial charge on any atom is 0.262 e. The molecule has 1 amide bonds. The minimum Gasteiger partial charge on any atom is -0.348 e. The van der Waals surface area contributed by atoms with E-state index in [0.717, 1.165) is 12.8 Å². The van der Waals surface area contributed by atoms with Gasteiger partial charge in [0.1, 0.15) is 0 Å². The molecular formula is C12H12ClNO. The number of hydrogen-bond donors (Lipinski definition) is 1. The van der Waals surface area contributed by atoms with Crippen molar-refractivity contribution in [2.75, 3.05) is 0 Å². The van der Waals surface area contributed by atoms with Crippen LogP contribution in [0.15, 0.2) is 35.9 Å². The van der Waals surface area contributed by atoms with Gasteiger partial charge in [-0.1, -0.05) is 42.4 Å². The Hall–Kier alpha value is -1.28. The number of amides is 1. The van der Waals surface area contributed by atoms with Crippen molar-refractivity contribution >= 4 is 17.5 Å². The van der Waals surface area contributed by atoms with Crippen molar-refractivity contribution in [1.82, 2.24) is 5.32 Å². The van der Waals surface area contributed by atoms with Gasteiger partial charge in [-0.3, -0.25) is 4.79 Å². The summed E-state index contributed by atoms with van der Waals surface area (Å²) in [6, 6.07) is 8.38. The van der Waals surface area contributed by atoms with Crippen LogP contribution in [0.3, 0.4) is 0 Å². The standard InChI is InChI=1S/C12H12ClNO/c1-8(13)12(15)14-11-6-9-4-2-3-5-10(9)7-11/h2-5,11H,1,6-7H2,(H,14,15). The molecule has 2 rings (SSSR count). The van der Waals surface area contributed by atoms with Gasteiger partial charge in [-0.15, -0.1) is 0 Å². The number of hydrogen-bond acceptors (Lipinski definition) is 1. The summed E-state index contributed by atoms with van der Waals surface area (Å²) >= 11 is 5.51. The Kier molecular flexibility index (Phi) is 2.78. The zero-order chi connectivity index (χ0) is 10.8. The number of nitrogens with one attached hydrogen (secondary N) is 1. The number of benzene rings is 1. The lowest BCUT2D eigenvalue weighted by Crippen LogP contribution is -2.35. The van der Waals surface area contributed by atoms with Gasteiger partial charge >= 0.3 is 0 Å². The lowest BCUT2D eigenvalue weighted by molar-refractivity contribution is -0.117. The zero-order valence-electron chi connectivity index (χ0n) is 8.29. The Morgan fingerprint density at radius 2 is 1.87 bits per heavy atom. The van der Waals surface area contributed by atoms with Crippen LogP contribution in [0.5, 0.6) is 0 Å². The average Bonchev–Trinajstić information content (AvgIpc) is 2.59. The van der Waals surface area contributed by atoms with Crippen LogP contribution >= 0.6 is 11.6 Å². The van der Waals surface area contributed by atoms with Crippen LogP contribution in [0.25, 0.3) is 0 Å². The van der Waals surface area contributed by atoms with Gasteiger partial charge in [0, 0.05) is 6.04 Å². The van der Waals surface area contributed by atoms with Crippen molar-refractivity contribution in [3.05, 3.63) is 47.0 Å². The molecule has 0 bridgehead atoms. The molecule has 0 heterocycles. The highest BCUT2D eigenvalue weighted by Gasteiger charge is 2.22. The second kappa shape index (κ2) is 4.07. The molecule has 0 saturated carbocycles. The van der Waals surface area contributed by atoms with E-state index in [0.29, 0.717) is 0 Å². The molecule has 0 aromatic heterocycles. The number of fused-ring (bicyclic) bond motifs is 1. The van der Waals surface area contributed by atoms with E-state index < -0.39 is 0 Å². The molecule has 0 spiro atoms. The van der Waals surface area contributed by atoms with E-state index in [9.17, 15) is 4.79 Å². The summed E-state index contributed by atoms with van der Waals surface area (Å²) in [5.41, 5.74) is 2.62. The first-order valence-corrected chi connectivity index (χ1v) is 5.26. The fourth-order valence-corrected chi connectivity index (χ4v) is 1.98. The molecule has 3 heteroatoms. The molecule has 78 valence electrons. The summed E-state index contributed by atoms with van der Waals surface area (Å²) in [7, 11) is 0. The molecule has 1 aromatic carbocycles. The topological polar surface area (TPSA) is 29.1 Å². The molecular weight excluding hydrogens is 210 g/mol. The smallest absolute Gasteiger partial charge is 0.262 e. The minimum absolute atomic E-state index is 0.0472. The highest BCUT2D eigenvalue weighted by atomic mass is 35.5. The van der Waals surface area contributed by atoms with Gasteiger partial charge in [0.05, 0.1) is 5.03 Å². The van der Waals surface area contributed by atoms with E-state index in [2.05, 4.69) is 24.0 Å². The predicted molar refractivity (Wildman–Crippen MR) is 60.8 cm³/mol. The Morgan fingerprint density at radius 1 is 1.33 bits per heavy atom. The van der Waals surface area contributed by atoms with Crippen LogP contribution in [0.4, 0.5) is 0 Å². The first-order chi connectivity index (χ1) is 7.16. The van der Waals surface area contributed by atoms with E-state index in [1.165, 1.54) is 11.1 Å². The van der Waals surface area contributed by atoms with Crippen molar-refractivity contribution in [3.63, 3.8) is 0 Å². The highest BCUT2D eigenvalue weighted by Crippen LogP contribution is 2.21. The van der Waals surface area contributed by atoms with Gasteiger partial charge in [0.25, 0.3) is 5.91 Å². The number of carbonyl (C=O) groups is 1. The Balaban J connectivity index is 2.02. The van der Waals surface area contributed by atoms with Gasteiger partial charge in [0.15, 0.2) is 0 Å². The lowest BCUT2D eigenvalue weighted by Gasteiger charge is -2.10. The van der Waals surface area contributed by atoms with Gasteiger partial charge in [-0.25, -0.2) is 0 Å². The summed E-state index contributed by atoms with van der Waals surface area (Å²) in [5.74, 6) is -0.269. The van der Waals surface area contributed by atoms with Crippen molar-refractivity contribution in [1.29, 1.82) is 0 Å². The van der Waals surface area contributed by atoms with E-state index in [-0.39, 0.29) is 17.0 Å². The summed E-state index contributed by atoms with van der Waals surface area (Å²) in [4.78, 5) is 11.3. The molecule has 0 unspecified atom stereocenters. The monoisotopic (exact) mass is 221 g/mol. The van der Waals surface area contributed by atoms with Crippen LogP contribution in [0, 0.1) is 0 Å². The summed E-state index contributed by atoms with van der Waals surface area (Å²) in [6.07, 6.45) is 1.76. The second-order valence-corrected chi connectivity index (χ2v) is 4.21. The maximum absolute atomic E-state index is 11.3. The number of rotatable bonds is 2. The summed E-state index contributed by atoms with van der Waals surface area (Å²) < 4.78 is 0. The Labute approximate surface area is 93.9 Å². The minimum atomic E-state index is -0.269. The van der Waals surface area contributed by atoms with Crippen molar-refractivity contribution in [3.8, 4) is 0 Å². The zero-order valence-corrected chi connectivity index (χ0v) is 9.05. The Morgan fingerprint density at radius 3 is 2.33 bits per heavy atom.